The maximum absolute atomic E-state index is 12.6. The number of nitrogens with one attached hydrogen (secondary N) is 1. The van der Waals surface area contributed by atoms with Crippen LogP contribution in [0.25, 0.3) is 0 Å². The molecule has 1 amide bonds. The monoisotopic (exact) mass is 409 g/mol. The summed E-state index contributed by atoms with van der Waals surface area (Å²) in [5.41, 5.74) is 0.183. The van der Waals surface area contributed by atoms with Gasteiger partial charge in [-0.25, -0.2) is 13.4 Å². The number of aromatic nitrogens is 1. The highest BCUT2D eigenvalue weighted by atomic mass is 32.2. The molecule has 0 aliphatic carbocycles. The minimum atomic E-state index is -3.75. The summed E-state index contributed by atoms with van der Waals surface area (Å²) in [6, 6.07) is 7.94. The van der Waals surface area contributed by atoms with Crippen LogP contribution in [0.5, 0.6) is 0 Å². The zero-order valence-corrected chi connectivity index (χ0v) is 16.3. The van der Waals surface area contributed by atoms with Gasteiger partial charge in [-0.2, -0.15) is 0 Å². The number of amides is 1. The molecule has 1 aliphatic rings. The summed E-state index contributed by atoms with van der Waals surface area (Å²) >= 11 is 1.05. The number of esters is 1. The lowest BCUT2D eigenvalue weighted by atomic mass is 9.97. The molecule has 1 aliphatic heterocycles. The third-order valence-electron chi connectivity index (χ3n) is 4.32. The molecule has 0 radical (unpaired) electrons. The number of sulfonamides is 1. The van der Waals surface area contributed by atoms with Crippen LogP contribution < -0.4 is 4.72 Å². The molecule has 8 nitrogen and oxygen atoms in total. The van der Waals surface area contributed by atoms with Gasteiger partial charge in [0.1, 0.15) is 5.69 Å². The van der Waals surface area contributed by atoms with Crippen molar-refractivity contribution in [3.05, 3.63) is 41.4 Å². The highest BCUT2D eigenvalue weighted by Crippen LogP contribution is 2.23. The van der Waals surface area contributed by atoms with Crippen molar-refractivity contribution >= 4 is 38.4 Å². The fraction of sp³-hybridized carbons (Fsp3) is 0.353. The smallest absolute Gasteiger partial charge is 0.308 e. The molecule has 0 saturated carbocycles. The highest BCUT2D eigenvalue weighted by molar-refractivity contribution is 7.93. The molecule has 0 unspecified atom stereocenters. The average molecular weight is 409 g/mol. The summed E-state index contributed by atoms with van der Waals surface area (Å²) in [7, 11) is -2.39. The molecule has 1 fully saturated rings. The SMILES string of the molecule is COC(=O)C1CCN(C(=O)c2csc(NS(=O)(=O)c3ccccc3)n2)CC1. The van der Waals surface area contributed by atoms with E-state index in [4.69, 9.17) is 4.74 Å². The van der Waals surface area contributed by atoms with E-state index in [2.05, 4.69) is 9.71 Å². The molecular weight excluding hydrogens is 390 g/mol. The quantitative estimate of drug-likeness (QED) is 0.757. The molecule has 0 bridgehead atoms. The van der Waals surface area contributed by atoms with Crippen molar-refractivity contribution in [1.29, 1.82) is 0 Å². The minimum absolute atomic E-state index is 0.123. The van der Waals surface area contributed by atoms with Crippen molar-refractivity contribution in [2.45, 2.75) is 17.7 Å². The topological polar surface area (TPSA) is 106 Å². The van der Waals surface area contributed by atoms with Gasteiger partial charge < -0.3 is 9.64 Å². The highest BCUT2D eigenvalue weighted by Gasteiger charge is 2.29. The van der Waals surface area contributed by atoms with Gasteiger partial charge in [0, 0.05) is 18.5 Å². The summed E-state index contributed by atoms with van der Waals surface area (Å²) < 4.78 is 31.8. The Morgan fingerprint density at radius 2 is 1.89 bits per heavy atom. The predicted molar refractivity (Wildman–Crippen MR) is 100 cm³/mol. The lowest BCUT2D eigenvalue weighted by Gasteiger charge is -2.30. The Labute approximate surface area is 161 Å². The van der Waals surface area contributed by atoms with Gasteiger partial charge in [-0.1, -0.05) is 18.2 Å². The summed E-state index contributed by atoms with van der Waals surface area (Å²) in [6.07, 6.45) is 1.08. The summed E-state index contributed by atoms with van der Waals surface area (Å²) in [5, 5.41) is 1.66. The number of piperidine rings is 1. The third-order valence-corrected chi connectivity index (χ3v) is 6.56. The van der Waals surface area contributed by atoms with E-state index < -0.39 is 10.0 Å². The van der Waals surface area contributed by atoms with Crippen LogP contribution in [-0.4, -0.2) is 50.4 Å². The molecule has 1 saturated heterocycles. The Morgan fingerprint density at radius 3 is 2.52 bits per heavy atom. The Balaban J connectivity index is 1.64. The number of carbonyl (C=O) groups is 2. The van der Waals surface area contributed by atoms with Crippen LogP contribution in [0.4, 0.5) is 5.13 Å². The van der Waals surface area contributed by atoms with E-state index in [1.807, 2.05) is 0 Å². The van der Waals surface area contributed by atoms with Gasteiger partial charge in [-0.3, -0.25) is 14.3 Å². The largest absolute Gasteiger partial charge is 0.469 e. The van der Waals surface area contributed by atoms with Crippen LogP contribution >= 0.6 is 11.3 Å². The Hall–Kier alpha value is -2.46. The van der Waals surface area contributed by atoms with Gasteiger partial charge in [0.25, 0.3) is 15.9 Å². The molecule has 0 spiro atoms. The van der Waals surface area contributed by atoms with Crippen LogP contribution in [0.2, 0.25) is 0 Å². The number of rotatable bonds is 5. The van der Waals surface area contributed by atoms with Gasteiger partial charge in [-0.15, -0.1) is 11.3 Å². The molecule has 1 N–H and O–H groups in total. The van der Waals surface area contributed by atoms with Gasteiger partial charge in [0.05, 0.1) is 17.9 Å². The summed E-state index contributed by atoms with van der Waals surface area (Å²) in [4.78, 5) is 30.0. The van der Waals surface area contributed by atoms with E-state index in [9.17, 15) is 18.0 Å². The zero-order valence-electron chi connectivity index (χ0n) is 14.6. The number of methoxy groups -OCH3 is 1. The maximum Gasteiger partial charge on any atom is 0.308 e. The number of hydrogen-bond acceptors (Lipinski definition) is 7. The van der Waals surface area contributed by atoms with Crippen molar-refractivity contribution in [2.24, 2.45) is 5.92 Å². The van der Waals surface area contributed by atoms with Crippen LogP contribution in [0.15, 0.2) is 40.6 Å². The molecule has 1 aromatic heterocycles. The average Bonchev–Trinajstić information content (AvgIpc) is 3.15. The van der Waals surface area contributed by atoms with Crippen LogP contribution in [0, 0.1) is 5.92 Å². The van der Waals surface area contributed by atoms with Gasteiger partial charge in [-0.05, 0) is 25.0 Å². The first-order chi connectivity index (χ1) is 12.9. The third kappa shape index (κ3) is 4.45. The van der Waals surface area contributed by atoms with Crippen LogP contribution in [-0.2, 0) is 19.6 Å². The standard InChI is InChI=1S/C17H19N3O5S2/c1-25-16(22)12-7-9-20(10-8-12)15(21)14-11-26-17(18-14)19-27(23,24)13-5-3-2-4-6-13/h2-6,11-12H,7-10H2,1H3,(H,18,19). The molecule has 1 aromatic carbocycles. The molecule has 2 aromatic rings. The summed E-state index contributed by atoms with van der Waals surface area (Å²) in [6.45, 7) is 0.863. The van der Waals surface area contributed by atoms with E-state index in [1.54, 1.807) is 23.1 Å². The lowest BCUT2D eigenvalue weighted by molar-refractivity contribution is -0.146. The molecule has 27 heavy (non-hydrogen) atoms. The Morgan fingerprint density at radius 1 is 1.22 bits per heavy atom. The van der Waals surface area contributed by atoms with Crippen molar-refractivity contribution in [1.82, 2.24) is 9.88 Å². The van der Waals surface area contributed by atoms with Crippen LogP contribution in [0.1, 0.15) is 23.3 Å². The van der Waals surface area contributed by atoms with Gasteiger partial charge in [0.2, 0.25) is 0 Å². The normalized spacial score (nSPS) is 15.4. The first kappa shape index (κ1) is 19.3. The second-order valence-corrected chi connectivity index (χ2v) is 8.59. The molecule has 3 rings (SSSR count). The van der Waals surface area contributed by atoms with Crippen molar-refractivity contribution in [3.8, 4) is 0 Å². The van der Waals surface area contributed by atoms with E-state index in [0.29, 0.717) is 25.9 Å². The van der Waals surface area contributed by atoms with Crippen molar-refractivity contribution in [3.63, 3.8) is 0 Å². The van der Waals surface area contributed by atoms with E-state index >= 15 is 0 Å². The fourth-order valence-corrected chi connectivity index (χ4v) is 4.80. The van der Waals surface area contributed by atoms with E-state index in [1.165, 1.54) is 24.6 Å². The van der Waals surface area contributed by atoms with Gasteiger partial charge >= 0.3 is 5.97 Å². The molecule has 2 heterocycles. The first-order valence-corrected chi connectivity index (χ1v) is 10.7. The molecule has 144 valence electrons. The Bertz CT molecular complexity index is 919. The number of ether oxygens (including phenoxy) is 1. The Kier molecular flexibility index (Phi) is 5.76. The number of anilines is 1. The minimum Gasteiger partial charge on any atom is -0.469 e. The second-order valence-electron chi connectivity index (χ2n) is 6.05. The second kappa shape index (κ2) is 8.05. The number of nitrogens with zero attached hydrogens (tertiary/aromatic N) is 2. The fourth-order valence-electron chi connectivity index (χ4n) is 2.84. The maximum atomic E-state index is 12.6. The number of hydrogen-bond donors (Lipinski definition) is 1. The summed E-state index contributed by atoms with van der Waals surface area (Å²) in [5.74, 6) is -0.726. The number of benzene rings is 1. The van der Waals surface area contributed by atoms with Gasteiger partial charge in [0.15, 0.2) is 5.13 Å². The molecule has 10 heteroatoms. The number of likely N-dealkylation sites (tertiary alicyclic amines) is 1. The zero-order chi connectivity index (χ0) is 19.4. The molecular formula is C17H19N3O5S2. The molecule has 0 atom stereocenters. The number of thiazole rings is 1. The predicted octanol–water partition coefficient (Wildman–Crippen LogP) is 1.97. The van der Waals surface area contributed by atoms with E-state index in [-0.39, 0.29) is 33.5 Å². The van der Waals surface area contributed by atoms with E-state index in [0.717, 1.165) is 11.3 Å². The number of carbonyl (C=O) groups excluding carboxylic acids is 2. The lowest BCUT2D eigenvalue weighted by Crippen LogP contribution is -2.40. The van der Waals surface area contributed by atoms with Crippen molar-refractivity contribution in [2.75, 3.05) is 24.9 Å². The van der Waals surface area contributed by atoms with Crippen molar-refractivity contribution < 1.29 is 22.7 Å². The van der Waals surface area contributed by atoms with Crippen LogP contribution in [0.3, 0.4) is 0 Å². The first-order valence-electron chi connectivity index (χ1n) is 8.31.